The summed E-state index contributed by atoms with van der Waals surface area (Å²) in [5.74, 6) is -0.648. The Morgan fingerprint density at radius 2 is 2.17 bits per heavy atom. The molecule has 0 atom stereocenters. The highest BCUT2D eigenvalue weighted by Crippen LogP contribution is 2.23. The first kappa shape index (κ1) is 16.6. The lowest BCUT2D eigenvalue weighted by Crippen LogP contribution is -2.14. The second kappa shape index (κ2) is 7.45. The lowest BCUT2D eigenvalue weighted by molar-refractivity contribution is -0.384. The van der Waals surface area contributed by atoms with E-state index in [1.807, 2.05) is 13.8 Å². The Hall–Kier alpha value is -2.81. The summed E-state index contributed by atoms with van der Waals surface area (Å²) in [4.78, 5) is 26.3. The van der Waals surface area contributed by atoms with Crippen LogP contribution < -0.4 is 0 Å². The lowest BCUT2D eigenvalue weighted by atomic mass is 10.1. The molecule has 0 saturated carbocycles. The van der Waals surface area contributed by atoms with Crippen LogP contribution in [0.2, 0.25) is 0 Å². The maximum absolute atomic E-state index is 11.9. The zero-order chi connectivity index (χ0) is 16.8. The number of nitrogens with zero attached hydrogens (tertiary/aromatic N) is 4. The molecule has 0 unspecified atom stereocenters. The predicted molar refractivity (Wildman–Crippen MR) is 79.4 cm³/mol. The Labute approximate surface area is 132 Å². The van der Waals surface area contributed by atoms with Gasteiger partial charge in [-0.15, -0.1) is 0 Å². The highest BCUT2D eigenvalue weighted by Gasteiger charge is 2.20. The van der Waals surface area contributed by atoms with Crippen LogP contribution in [0.4, 0.5) is 5.69 Å². The topological polar surface area (TPSA) is 109 Å². The van der Waals surface area contributed by atoms with Crippen molar-refractivity contribution < 1.29 is 19.2 Å². The van der Waals surface area contributed by atoms with Gasteiger partial charge >= 0.3 is 5.97 Å². The summed E-state index contributed by atoms with van der Waals surface area (Å²) in [6.07, 6.45) is 2.64. The third-order valence-electron chi connectivity index (χ3n) is 2.84. The van der Waals surface area contributed by atoms with Gasteiger partial charge in [-0.3, -0.25) is 10.1 Å². The minimum absolute atomic E-state index is 0.0387. The Morgan fingerprint density at radius 1 is 1.39 bits per heavy atom. The highest BCUT2D eigenvalue weighted by molar-refractivity contribution is 5.90. The van der Waals surface area contributed by atoms with Crippen LogP contribution in [0.25, 0.3) is 5.69 Å². The van der Waals surface area contributed by atoms with Gasteiger partial charge in [-0.25, -0.2) is 14.5 Å². The molecular formula is C14H16N4O5. The third-order valence-corrected chi connectivity index (χ3v) is 2.84. The number of esters is 1. The minimum atomic E-state index is -0.648. The van der Waals surface area contributed by atoms with E-state index in [9.17, 15) is 14.9 Å². The van der Waals surface area contributed by atoms with Gasteiger partial charge in [0.2, 0.25) is 0 Å². The summed E-state index contributed by atoms with van der Waals surface area (Å²) < 4.78 is 11.5. The van der Waals surface area contributed by atoms with Crippen molar-refractivity contribution in [1.82, 2.24) is 14.8 Å². The predicted octanol–water partition coefficient (Wildman–Crippen LogP) is 1.76. The first-order valence-electron chi connectivity index (χ1n) is 6.91. The summed E-state index contributed by atoms with van der Waals surface area (Å²) >= 11 is 0. The molecule has 0 aliphatic carbocycles. The fourth-order valence-corrected chi connectivity index (χ4v) is 1.82. The van der Waals surface area contributed by atoms with E-state index in [2.05, 4.69) is 10.1 Å². The molecule has 2 aromatic rings. The van der Waals surface area contributed by atoms with Gasteiger partial charge in [0.1, 0.15) is 24.9 Å². The van der Waals surface area contributed by atoms with Gasteiger partial charge in [-0.05, 0) is 26.0 Å². The van der Waals surface area contributed by atoms with Crippen molar-refractivity contribution in [3.8, 4) is 5.69 Å². The van der Waals surface area contributed by atoms with Gasteiger partial charge in [0.15, 0.2) is 0 Å². The summed E-state index contributed by atoms with van der Waals surface area (Å²) in [5, 5.41) is 15.0. The first-order valence-corrected chi connectivity index (χ1v) is 6.91. The van der Waals surface area contributed by atoms with E-state index in [0.717, 1.165) is 6.07 Å². The van der Waals surface area contributed by atoms with Crippen molar-refractivity contribution >= 4 is 11.7 Å². The fourth-order valence-electron chi connectivity index (χ4n) is 1.82. The van der Waals surface area contributed by atoms with Crippen molar-refractivity contribution in [1.29, 1.82) is 0 Å². The number of benzene rings is 1. The average Bonchev–Trinajstić information content (AvgIpc) is 3.04. The normalized spacial score (nSPS) is 10.7. The van der Waals surface area contributed by atoms with Gasteiger partial charge in [0, 0.05) is 6.07 Å². The number of hydrogen-bond donors (Lipinski definition) is 0. The molecule has 2 rings (SSSR count). The number of ether oxygens (including phenoxy) is 2. The molecule has 23 heavy (non-hydrogen) atoms. The van der Waals surface area contributed by atoms with Crippen molar-refractivity contribution in [3.05, 3.63) is 46.5 Å². The van der Waals surface area contributed by atoms with E-state index in [4.69, 9.17) is 9.47 Å². The molecule has 9 nitrogen and oxygen atoms in total. The molecule has 1 heterocycles. The fraction of sp³-hybridized carbons (Fsp3) is 0.357. The van der Waals surface area contributed by atoms with Crippen LogP contribution in [-0.2, 0) is 9.47 Å². The van der Waals surface area contributed by atoms with E-state index in [1.54, 1.807) is 0 Å². The summed E-state index contributed by atoms with van der Waals surface area (Å²) in [6.45, 7) is 4.08. The number of carbonyl (C=O) groups excluding carboxylic acids is 1. The molecule has 9 heteroatoms. The Morgan fingerprint density at radius 3 is 2.78 bits per heavy atom. The molecule has 1 aromatic carbocycles. The second-order valence-electron chi connectivity index (χ2n) is 4.86. The molecule has 0 aliphatic rings. The quantitative estimate of drug-likeness (QED) is 0.331. The van der Waals surface area contributed by atoms with Crippen LogP contribution in [0.5, 0.6) is 0 Å². The molecule has 1 aromatic heterocycles. The Balaban J connectivity index is 2.13. The third kappa shape index (κ3) is 4.33. The SMILES string of the molecule is CC(C)OCCOC(=O)c1ccc(-n2cncn2)c([N+](=O)[O-])c1. The number of carbonyl (C=O) groups is 1. The zero-order valence-corrected chi connectivity index (χ0v) is 12.7. The van der Waals surface area contributed by atoms with Crippen molar-refractivity contribution in [2.45, 2.75) is 20.0 Å². The lowest BCUT2D eigenvalue weighted by Gasteiger charge is -2.09. The molecule has 0 bridgehead atoms. The summed E-state index contributed by atoms with van der Waals surface area (Å²) in [6, 6.07) is 4.02. The van der Waals surface area contributed by atoms with Crippen LogP contribution in [0, 0.1) is 10.1 Å². The van der Waals surface area contributed by atoms with Crippen LogP contribution in [-0.4, -0.2) is 45.0 Å². The number of nitro benzene ring substituents is 1. The van der Waals surface area contributed by atoms with Gasteiger partial charge in [0.05, 0.1) is 23.2 Å². The standard InChI is InChI=1S/C14H16N4O5/c1-10(2)22-5-6-23-14(19)11-3-4-12(13(7-11)18(20)21)17-9-15-8-16-17/h3-4,7-10H,5-6H2,1-2H3. The maximum atomic E-state index is 11.9. The van der Waals surface area contributed by atoms with Gasteiger partial charge < -0.3 is 9.47 Å². The summed E-state index contributed by atoms with van der Waals surface area (Å²) in [7, 11) is 0. The molecule has 0 amide bonds. The molecule has 0 fully saturated rings. The van der Waals surface area contributed by atoms with Crippen LogP contribution in [0.3, 0.4) is 0 Å². The molecule has 0 N–H and O–H groups in total. The van der Waals surface area contributed by atoms with Crippen LogP contribution in [0.1, 0.15) is 24.2 Å². The first-order chi connectivity index (χ1) is 11.0. The van der Waals surface area contributed by atoms with Crippen molar-refractivity contribution in [3.63, 3.8) is 0 Å². The molecule has 0 saturated heterocycles. The van der Waals surface area contributed by atoms with Crippen molar-refractivity contribution in [2.24, 2.45) is 0 Å². The zero-order valence-electron chi connectivity index (χ0n) is 12.7. The largest absolute Gasteiger partial charge is 0.460 e. The van der Waals surface area contributed by atoms with Crippen LogP contribution in [0.15, 0.2) is 30.9 Å². The Kier molecular flexibility index (Phi) is 5.36. The van der Waals surface area contributed by atoms with E-state index in [-0.39, 0.29) is 36.3 Å². The van der Waals surface area contributed by atoms with Gasteiger partial charge in [-0.1, -0.05) is 0 Å². The van der Waals surface area contributed by atoms with Crippen molar-refractivity contribution in [2.75, 3.05) is 13.2 Å². The van der Waals surface area contributed by atoms with E-state index >= 15 is 0 Å². The highest BCUT2D eigenvalue weighted by atomic mass is 16.6. The van der Waals surface area contributed by atoms with Gasteiger partial charge in [0.25, 0.3) is 5.69 Å². The monoisotopic (exact) mass is 320 g/mol. The van der Waals surface area contributed by atoms with Gasteiger partial charge in [-0.2, -0.15) is 5.10 Å². The molecule has 0 radical (unpaired) electrons. The maximum Gasteiger partial charge on any atom is 0.338 e. The summed E-state index contributed by atoms with van der Waals surface area (Å²) in [5.41, 5.74) is 0.0423. The van der Waals surface area contributed by atoms with E-state index < -0.39 is 10.9 Å². The van der Waals surface area contributed by atoms with E-state index in [0.29, 0.717) is 0 Å². The second-order valence-corrected chi connectivity index (χ2v) is 4.86. The van der Waals surface area contributed by atoms with Crippen LogP contribution >= 0.6 is 0 Å². The minimum Gasteiger partial charge on any atom is -0.460 e. The number of rotatable bonds is 7. The number of nitro groups is 1. The molecule has 0 spiro atoms. The number of aromatic nitrogens is 3. The smallest absolute Gasteiger partial charge is 0.338 e. The average molecular weight is 320 g/mol. The number of hydrogen-bond acceptors (Lipinski definition) is 7. The van der Waals surface area contributed by atoms with E-state index in [1.165, 1.54) is 29.5 Å². The molecule has 0 aliphatic heterocycles. The molecular weight excluding hydrogens is 304 g/mol. The molecule has 122 valence electrons. The Bertz CT molecular complexity index is 684.